The van der Waals surface area contributed by atoms with E-state index in [0.717, 1.165) is 16.6 Å². The summed E-state index contributed by atoms with van der Waals surface area (Å²) in [5, 5.41) is 0. The molecule has 3 rings (SSSR count). The van der Waals surface area contributed by atoms with Crippen molar-refractivity contribution < 1.29 is 4.40 Å². The summed E-state index contributed by atoms with van der Waals surface area (Å²) < 4.78 is 2.08. The molecule has 0 aliphatic rings. The molecule has 3 aromatic rings. The van der Waals surface area contributed by atoms with E-state index in [0.29, 0.717) is 0 Å². The zero-order chi connectivity index (χ0) is 13.1. The smallest absolute Gasteiger partial charge is 0.167 e. The number of nitrogens with zero attached hydrogens (tertiary/aromatic N) is 1. The normalized spacial score (nSPS) is 9.95. The van der Waals surface area contributed by atoms with Gasteiger partial charge in [-0.25, -0.2) is 0 Å². The van der Waals surface area contributed by atoms with Crippen molar-refractivity contribution in [1.29, 1.82) is 0 Å². The molecule has 0 aliphatic carbocycles. The number of aryl methyl sites for hydroxylation is 1. The van der Waals surface area contributed by atoms with Crippen LogP contribution in [0.1, 0.15) is 16.7 Å². The minimum atomic E-state index is 1.03. The third-order valence-electron chi connectivity index (χ3n) is 3.04. The number of pyridine rings is 2. The minimum Gasteiger partial charge on any atom is -0.167 e. The molecule has 1 nitrogen and oxygen atoms in total. The second kappa shape index (κ2) is 4.96. The van der Waals surface area contributed by atoms with Gasteiger partial charge in [-0.2, -0.15) is 4.40 Å². The van der Waals surface area contributed by atoms with Gasteiger partial charge in [0.25, 0.3) is 0 Å². The molecule has 90 valence electrons. The molecule has 0 unspecified atom stereocenters. The van der Waals surface area contributed by atoms with Crippen molar-refractivity contribution in [2.24, 2.45) is 0 Å². The number of fused-ring (bicyclic) bond motifs is 1. The highest BCUT2D eigenvalue weighted by Crippen LogP contribution is 2.03. The quantitative estimate of drug-likeness (QED) is 0.422. The number of aromatic nitrogens is 1. The molecule has 1 aromatic carbocycles. The van der Waals surface area contributed by atoms with Gasteiger partial charge in [0.05, 0.1) is 0 Å². The Morgan fingerprint density at radius 2 is 1.58 bits per heavy atom. The molecule has 0 atom stereocenters. The Morgan fingerprint density at radius 1 is 0.789 bits per heavy atom. The molecular formula is C18H14N+. The fraction of sp³-hybridized carbons (Fsp3) is 0.0556. The van der Waals surface area contributed by atoms with Crippen LogP contribution in [-0.2, 0) is 0 Å². The van der Waals surface area contributed by atoms with Crippen molar-refractivity contribution in [1.82, 2.24) is 0 Å². The molecule has 0 radical (unpaired) electrons. The van der Waals surface area contributed by atoms with Gasteiger partial charge in [0, 0.05) is 35.4 Å². The molecule has 2 heterocycles. The Bertz CT molecular complexity index is 774. The van der Waals surface area contributed by atoms with Crippen LogP contribution in [0.25, 0.3) is 5.52 Å². The summed E-state index contributed by atoms with van der Waals surface area (Å²) in [4.78, 5) is 0. The van der Waals surface area contributed by atoms with Gasteiger partial charge in [0.15, 0.2) is 12.4 Å². The van der Waals surface area contributed by atoms with E-state index in [1.54, 1.807) is 0 Å². The fourth-order valence-corrected chi connectivity index (χ4v) is 1.95. The summed E-state index contributed by atoms with van der Waals surface area (Å²) in [6, 6.07) is 18.5. The molecule has 1 heteroatoms. The third-order valence-corrected chi connectivity index (χ3v) is 3.04. The van der Waals surface area contributed by atoms with E-state index in [2.05, 4.69) is 59.6 Å². The van der Waals surface area contributed by atoms with Crippen molar-refractivity contribution >= 4 is 5.52 Å². The predicted octanol–water partition coefficient (Wildman–Crippen LogP) is 3.13. The Balaban J connectivity index is 1.95. The number of benzene rings is 1. The first-order chi connectivity index (χ1) is 9.31. The second-order valence-electron chi connectivity index (χ2n) is 4.56. The average molecular weight is 244 g/mol. The van der Waals surface area contributed by atoms with E-state index in [1.165, 1.54) is 5.56 Å². The molecule has 0 spiro atoms. The maximum Gasteiger partial charge on any atom is 0.211 e. The van der Waals surface area contributed by atoms with Crippen molar-refractivity contribution in [3.8, 4) is 11.8 Å². The fourth-order valence-electron chi connectivity index (χ4n) is 1.95. The lowest BCUT2D eigenvalue weighted by Gasteiger charge is -1.93. The van der Waals surface area contributed by atoms with Crippen LogP contribution in [0.4, 0.5) is 0 Å². The molecule has 0 saturated heterocycles. The molecule has 0 N–H and O–H groups in total. The summed E-state index contributed by atoms with van der Waals surface area (Å²) >= 11 is 0. The van der Waals surface area contributed by atoms with Crippen LogP contribution >= 0.6 is 0 Å². The molecule has 2 aromatic heterocycles. The van der Waals surface area contributed by atoms with Crippen molar-refractivity contribution in [2.45, 2.75) is 6.92 Å². The standard InChI is InChI=1S/C18H14N/c1-15-5-7-16(8-6-15)9-10-17-11-13-19-12-3-2-4-18(19)14-17/h2-8,11-14H,1H3/q+1. The number of hydrogen-bond acceptors (Lipinski definition) is 0. The maximum atomic E-state index is 3.21. The van der Waals surface area contributed by atoms with Crippen LogP contribution in [0.15, 0.2) is 67.0 Å². The molecule has 0 aliphatic heterocycles. The molecule has 0 bridgehead atoms. The zero-order valence-electron chi connectivity index (χ0n) is 10.8. The Morgan fingerprint density at radius 3 is 2.42 bits per heavy atom. The van der Waals surface area contributed by atoms with Crippen LogP contribution in [0, 0.1) is 18.8 Å². The summed E-state index contributed by atoms with van der Waals surface area (Å²) in [6.45, 7) is 2.08. The Kier molecular flexibility index (Phi) is 3.00. The van der Waals surface area contributed by atoms with E-state index in [1.807, 2.05) is 30.6 Å². The van der Waals surface area contributed by atoms with Gasteiger partial charge < -0.3 is 0 Å². The first-order valence-electron chi connectivity index (χ1n) is 6.30. The van der Waals surface area contributed by atoms with E-state index in [-0.39, 0.29) is 0 Å². The van der Waals surface area contributed by atoms with Gasteiger partial charge in [0.1, 0.15) is 0 Å². The van der Waals surface area contributed by atoms with Gasteiger partial charge in [-0.1, -0.05) is 29.5 Å². The van der Waals surface area contributed by atoms with Crippen LogP contribution in [0.2, 0.25) is 0 Å². The third kappa shape index (κ3) is 2.64. The van der Waals surface area contributed by atoms with Gasteiger partial charge in [-0.05, 0) is 25.1 Å². The molecule has 19 heavy (non-hydrogen) atoms. The van der Waals surface area contributed by atoms with E-state index in [4.69, 9.17) is 0 Å². The Hall–Kier alpha value is -2.59. The highest BCUT2D eigenvalue weighted by atomic mass is 14.8. The van der Waals surface area contributed by atoms with Crippen molar-refractivity contribution in [3.05, 3.63) is 83.7 Å². The molecular weight excluding hydrogens is 230 g/mol. The highest BCUT2D eigenvalue weighted by Gasteiger charge is 1.99. The molecule has 0 amide bonds. The lowest BCUT2D eigenvalue weighted by atomic mass is 10.1. The lowest BCUT2D eigenvalue weighted by molar-refractivity contribution is -0.512. The van der Waals surface area contributed by atoms with E-state index in [9.17, 15) is 0 Å². The topological polar surface area (TPSA) is 4.10 Å². The van der Waals surface area contributed by atoms with Crippen LogP contribution in [0.5, 0.6) is 0 Å². The monoisotopic (exact) mass is 244 g/mol. The summed E-state index contributed by atoms with van der Waals surface area (Å²) in [5.41, 5.74) is 4.49. The van der Waals surface area contributed by atoms with Crippen LogP contribution < -0.4 is 4.40 Å². The van der Waals surface area contributed by atoms with E-state index < -0.39 is 0 Å². The SMILES string of the molecule is Cc1ccc(C#Cc2cc[n+]3ccccc3c2)cc1. The maximum absolute atomic E-state index is 3.21. The average Bonchev–Trinajstić information content (AvgIpc) is 2.46. The first kappa shape index (κ1) is 11.5. The van der Waals surface area contributed by atoms with Crippen LogP contribution in [0.3, 0.4) is 0 Å². The van der Waals surface area contributed by atoms with E-state index >= 15 is 0 Å². The Labute approximate surface area is 113 Å². The summed E-state index contributed by atoms with van der Waals surface area (Å²) in [7, 11) is 0. The van der Waals surface area contributed by atoms with Crippen molar-refractivity contribution in [3.63, 3.8) is 0 Å². The molecule has 0 fully saturated rings. The largest absolute Gasteiger partial charge is 0.211 e. The van der Waals surface area contributed by atoms with Crippen molar-refractivity contribution in [2.75, 3.05) is 0 Å². The first-order valence-corrected chi connectivity index (χ1v) is 6.30. The summed E-state index contributed by atoms with van der Waals surface area (Å²) in [5.74, 6) is 6.40. The van der Waals surface area contributed by atoms with Gasteiger partial charge in [-0.15, -0.1) is 0 Å². The van der Waals surface area contributed by atoms with Gasteiger partial charge in [-0.3, -0.25) is 0 Å². The second-order valence-corrected chi connectivity index (χ2v) is 4.56. The summed E-state index contributed by atoms with van der Waals surface area (Å²) in [6.07, 6.45) is 4.07. The number of rotatable bonds is 0. The number of hydrogen-bond donors (Lipinski definition) is 0. The predicted molar refractivity (Wildman–Crippen MR) is 76.8 cm³/mol. The van der Waals surface area contributed by atoms with Gasteiger partial charge >= 0.3 is 0 Å². The van der Waals surface area contributed by atoms with Crippen LogP contribution in [-0.4, -0.2) is 0 Å². The zero-order valence-corrected chi connectivity index (χ0v) is 10.8. The minimum absolute atomic E-state index is 1.03. The highest BCUT2D eigenvalue weighted by molar-refractivity contribution is 5.49. The molecule has 0 saturated carbocycles. The lowest BCUT2D eigenvalue weighted by Crippen LogP contribution is -2.19. The van der Waals surface area contributed by atoms with Gasteiger partial charge in [0.2, 0.25) is 5.52 Å².